The first-order chi connectivity index (χ1) is 26.0. The second kappa shape index (κ2) is 18.6. The maximum Gasteiger partial charge on any atom is 0.234 e. The van der Waals surface area contributed by atoms with Crippen LogP contribution in [0.1, 0.15) is 33.4 Å². The standard InChI is InChI=1S/C46H45N3O2S2/c47-43(50)35-49(32-34-53-46(40-25-13-4-14-26-40,41-27-15-5-16-28-41)42-29-17-6-18-30-42)36-44(51)48-31-33-52-45(37-19-7-1-8-20-37,38-21-9-2-10-22-38)39-23-11-3-12-24-39/h1-30H,31-36H2,(H2,47,50)(H,48,51). The number of nitrogens with one attached hydrogen (secondary N) is 1. The van der Waals surface area contributed by atoms with Crippen molar-refractivity contribution < 1.29 is 9.59 Å². The number of benzene rings is 6. The average Bonchev–Trinajstić information content (AvgIpc) is 3.21. The molecule has 2 amide bonds. The Hall–Kier alpha value is -5.08. The number of amides is 2. The van der Waals surface area contributed by atoms with Crippen molar-refractivity contribution in [2.45, 2.75) is 9.49 Å². The molecule has 0 unspecified atom stereocenters. The van der Waals surface area contributed by atoms with Gasteiger partial charge >= 0.3 is 0 Å². The Balaban J connectivity index is 1.15. The third kappa shape index (κ3) is 9.11. The molecule has 0 aliphatic heterocycles. The lowest BCUT2D eigenvalue weighted by molar-refractivity contribution is -0.123. The van der Waals surface area contributed by atoms with Crippen LogP contribution in [0.25, 0.3) is 0 Å². The summed E-state index contributed by atoms with van der Waals surface area (Å²) in [5.74, 6) is 0.728. The summed E-state index contributed by atoms with van der Waals surface area (Å²) in [6.45, 7) is 1.04. The molecule has 3 N–H and O–H groups in total. The van der Waals surface area contributed by atoms with Crippen molar-refractivity contribution in [3.05, 3.63) is 215 Å². The van der Waals surface area contributed by atoms with Gasteiger partial charge in [0.15, 0.2) is 0 Å². The van der Waals surface area contributed by atoms with Crippen LogP contribution >= 0.6 is 23.5 Å². The minimum atomic E-state index is -0.496. The SMILES string of the molecule is NC(=O)CN(CCSC(c1ccccc1)(c1ccccc1)c1ccccc1)CC(=O)NCCSC(c1ccccc1)(c1ccccc1)c1ccccc1. The van der Waals surface area contributed by atoms with Crippen LogP contribution in [0.5, 0.6) is 0 Å². The second-order valence-electron chi connectivity index (χ2n) is 12.8. The number of primary amides is 1. The molecule has 0 fully saturated rings. The topological polar surface area (TPSA) is 75.4 Å². The predicted octanol–water partition coefficient (Wildman–Crippen LogP) is 8.34. The van der Waals surface area contributed by atoms with Gasteiger partial charge in [0.25, 0.3) is 0 Å². The highest BCUT2D eigenvalue weighted by Crippen LogP contribution is 2.49. The van der Waals surface area contributed by atoms with Gasteiger partial charge in [-0.1, -0.05) is 182 Å². The van der Waals surface area contributed by atoms with Crippen LogP contribution in [-0.4, -0.2) is 54.4 Å². The normalized spacial score (nSPS) is 11.6. The zero-order valence-electron chi connectivity index (χ0n) is 29.7. The first-order valence-corrected chi connectivity index (χ1v) is 19.9. The molecule has 268 valence electrons. The van der Waals surface area contributed by atoms with Crippen LogP contribution in [0.15, 0.2) is 182 Å². The van der Waals surface area contributed by atoms with Crippen LogP contribution in [0.4, 0.5) is 0 Å². The molecule has 6 rings (SSSR count). The predicted molar refractivity (Wildman–Crippen MR) is 222 cm³/mol. The number of hydrogen-bond acceptors (Lipinski definition) is 5. The van der Waals surface area contributed by atoms with E-state index in [1.54, 1.807) is 23.5 Å². The quantitative estimate of drug-likeness (QED) is 0.0686. The number of nitrogens with zero attached hydrogens (tertiary/aromatic N) is 1. The van der Waals surface area contributed by atoms with Crippen LogP contribution in [0.2, 0.25) is 0 Å². The molecule has 0 spiro atoms. The van der Waals surface area contributed by atoms with Gasteiger partial charge in [-0.25, -0.2) is 0 Å². The Morgan fingerprint density at radius 1 is 0.472 bits per heavy atom. The molecule has 0 aromatic heterocycles. The molecule has 0 saturated carbocycles. The van der Waals surface area contributed by atoms with E-state index < -0.39 is 15.4 Å². The second-order valence-corrected chi connectivity index (χ2v) is 15.4. The smallest absolute Gasteiger partial charge is 0.234 e. The molecule has 0 heterocycles. The van der Waals surface area contributed by atoms with Crippen LogP contribution in [-0.2, 0) is 19.1 Å². The third-order valence-electron chi connectivity index (χ3n) is 9.30. The van der Waals surface area contributed by atoms with E-state index in [9.17, 15) is 9.59 Å². The Kier molecular flexibility index (Phi) is 13.2. The molecule has 0 saturated heterocycles. The third-order valence-corrected chi connectivity index (χ3v) is 12.4. The van der Waals surface area contributed by atoms with Gasteiger partial charge in [0.1, 0.15) is 0 Å². The average molecular weight is 736 g/mol. The van der Waals surface area contributed by atoms with E-state index in [0.29, 0.717) is 24.6 Å². The largest absolute Gasteiger partial charge is 0.369 e. The van der Waals surface area contributed by atoms with Crippen molar-refractivity contribution in [1.29, 1.82) is 0 Å². The van der Waals surface area contributed by atoms with E-state index in [4.69, 9.17) is 5.73 Å². The van der Waals surface area contributed by atoms with E-state index >= 15 is 0 Å². The first kappa shape index (κ1) is 37.7. The minimum Gasteiger partial charge on any atom is -0.369 e. The number of rotatable bonds is 18. The van der Waals surface area contributed by atoms with E-state index in [-0.39, 0.29) is 19.0 Å². The van der Waals surface area contributed by atoms with E-state index in [1.165, 1.54) is 16.7 Å². The summed E-state index contributed by atoms with van der Waals surface area (Å²) in [6.07, 6.45) is 0. The molecule has 53 heavy (non-hydrogen) atoms. The number of thioether (sulfide) groups is 2. The molecule has 0 aliphatic rings. The summed E-state index contributed by atoms with van der Waals surface area (Å²) in [4.78, 5) is 27.6. The van der Waals surface area contributed by atoms with Gasteiger partial charge in [-0.15, -0.1) is 23.5 Å². The molecule has 0 bridgehead atoms. The Labute approximate surface area is 322 Å². The number of carbonyl (C=O) groups is 2. The first-order valence-electron chi connectivity index (χ1n) is 17.9. The lowest BCUT2D eigenvalue weighted by Crippen LogP contribution is -2.43. The molecule has 0 aliphatic carbocycles. The van der Waals surface area contributed by atoms with Gasteiger partial charge in [0.05, 0.1) is 22.6 Å². The van der Waals surface area contributed by atoms with E-state index in [2.05, 4.69) is 151 Å². The van der Waals surface area contributed by atoms with Gasteiger partial charge in [-0.2, -0.15) is 0 Å². The van der Waals surface area contributed by atoms with Gasteiger partial charge in [0.2, 0.25) is 11.8 Å². The fourth-order valence-electron chi connectivity index (χ4n) is 6.95. The lowest BCUT2D eigenvalue weighted by Gasteiger charge is -2.36. The van der Waals surface area contributed by atoms with Crippen molar-refractivity contribution in [3.63, 3.8) is 0 Å². The summed E-state index contributed by atoms with van der Waals surface area (Å²) >= 11 is 3.60. The summed E-state index contributed by atoms with van der Waals surface area (Å²) < 4.78 is -0.961. The molecular weight excluding hydrogens is 691 g/mol. The summed E-state index contributed by atoms with van der Waals surface area (Å²) in [5.41, 5.74) is 12.7. The Morgan fingerprint density at radius 3 is 1.08 bits per heavy atom. The zero-order chi connectivity index (χ0) is 36.8. The highest BCUT2D eigenvalue weighted by molar-refractivity contribution is 8.00. The van der Waals surface area contributed by atoms with Gasteiger partial charge in [0, 0.05) is 24.6 Å². The molecule has 5 nitrogen and oxygen atoms in total. The molecule has 6 aromatic rings. The van der Waals surface area contributed by atoms with Crippen LogP contribution in [0.3, 0.4) is 0 Å². The highest BCUT2D eigenvalue weighted by atomic mass is 32.2. The summed E-state index contributed by atoms with van der Waals surface area (Å²) in [5, 5.41) is 3.14. The van der Waals surface area contributed by atoms with Crippen molar-refractivity contribution >= 4 is 35.3 Å². The van der Waals surface area contributed by atoms with Gasteiger partial charge in [-0.05, 0) is 33.4 Å². The maximum atomic E-state index is 13.5. The molecule has 6 aromatic carbocycles. The number of hydrogen-bond donors (Lipinski definition) is 2. The molecular formula is C46H45N3O2S2. The molecule has 0 atom stereocenters. The molecule has 0 radical (unpaired) electrons. The fourth-order valence-corrected chi connectivity index (χ4v) is 9.94. The summed E-state index contributed by atoms with van der Waals surface area (Å²) in [6, 6.07) is 63.2. The van der Waals surface area contributed by atoms with Crippen molar-refractivity contribution in [3.8, 4) is 0 Å². The van der Waals surface area contributed by atoms with Gasteiger partial charge in [-0.3, -0.25) is 14.5 Å². The van der Waals surface area contributed by atoms with Gasteiger partial charge < -0.3 is 11.1 Å². The zero-order valence-corrected chi connectivity index (χ0v) is 31.4. The van der Waals surface area contributed by atoms with Crippen LogP contribution < -0.4 is 11.1 Å². The number of carbonyl (C=O) groups excluding carboxylic acids is 2. The number of nitrogens with two attached hydrogens (primary N) is 1. The Bertz CT molecular complexity index is 1810. The van der Waals surface area contributed by atoms with Crippen molar-refractivity contribution in [2.24, 2.45) is 5.73 Å². The van der Waals surface area contributed by atoms with E-state index in [1.807, 2.05) is 41.3 Å². The summed E-state index contributed by atoms with van der Waals surface area (Å²) in [7, 11) is 0. The fraction of sp³-hybridized carbons (Fsp3) is 0.174. The van der Waals surface area contributed by atoms with Crippen molar-refractivity contribution in [2.75, 3.05) is 37.7 Å². The van der Waals surface area contributed by atoms with Crippen LogP contribution in [0, 0.1) is 0 Å². The molecule has 7 heteroatoms. The van der Waals surface area contributed by atoms with E-state index in [0.717, 1.165) is 16.7 Å². The van der Waals surface area contributed by atoms with Crippen molar-refractivity contribution in [1.82, 2.24) is 10.2 Å². The maximum absolute atomic E-state index is 13.5. The highest BCUT2D eigenvalue weighted by Gasteiger charge is 2.38. The monoisotopic (exact) mass is 735 g/mol. The lowest BCUT2D eigenvalue weighted by atomic mass is 9.84. The minimum absolute atomic E-state index is 0.00310. The Morgan fingerprint density at radius 2 is 0.774 bits per heavy atom.